The number of halogens is 1. The number of aryl methyl sites for hydroxylation is 2. The molecule has 0 radical (unpaired) electrons. The summed E-state index contributed by atoms with van der Waals surface area (Å²) in [5, 5.41) is 6.69. The van der Waals surface area contributed by atoms with Gasteiger partial charge in [-0.2, -0.15) is 0 Å². The molecule has 1 heterocycles. The number of hydrogen-bond donors (Lipinski definition) is 2. The largest absolute Gasteiger partial charge is 0.444 e. The first-order chi connectivity index (χ1) is 11.4. The van der Waals surface area contributed by atoms with Crippen LogP contribution in [0.2, 0.25) is 0 Å². The Bertz CT molecular complexity index is 660. The van der Waals surface area contributed by atoms with Gasteiger partial charge in [0.25, 0.3) is 0 Å². The fraction of sp³-hybridized carbons (Fsp3) is 0.474. The highest BCUT2D eigenvalue weighted by atomic mass is 127. The standard InChI is InChI=1S/C19H28N4O.HI/c1-6-20-18(21-12-17-23-14(2)15(3)24-17)22-13-19(4,5)16-10-8-7-9-11-16;/h7-11H,6,12-13H2,1-5H3,(H2,20,21,22);1H. The van der Waals surface area contributed by atoms with Crippen molar-refractivity contribution < 1.29 is 4.42 Å². The zero-order valence-electron chi connectivity index (χ0n) is 15.7. The van der Waals surface area contributed by atoms with E-state index in [1.54, 1.807) is 0 Å². The summed E-state index contributed by atoms with van der Waals surface area (Å²) in [6, 6.07) is 10.5. The number of hydrogen-bond acceptors (Lipinski definition) is 3. The van der Waals surface area contributed by atoms with Crippen molar-refractivity contribution in [3.05, 3.63) is 53.2 Å². The molecule has 0 atom stereocenters. The summed E-state index contributed by atoms with van der Waals surface area (Å²) in [6.45, 7) is 12.4. The van der Waals surface area contributed by atoms with E-state index >= 15 is 0 Å². The van der Waals surface area contributed by atoms with Crippen LogP contribution >= 0.6 is 24.0 Å². The van der Waals surface area contributed by atoms with Gasteiger partial charge in [-0.1, -0.05) is 44.2 Å². The van der Waals surface area contributed by atoms with E-state index in [4.69, 9.17) is 4.42 Å². The van der Waals surface area contributed by atoms with E-state index in [1.807, 2.05) is 19.9 Å². The monoisotopic (exact) mass is 456 g/mol. The van der Waals surface area contributed by atoms with Gasteiger partial charge in [0.05, 0.1) is 5.69 Å². The molecule has 0 spiro atoms. The second-order valence-electron chi connectivity index (χ2n) is 6.55. The Morgan fingerprint density at radius 1 is 1.16 bits per heavy atom. The molecule has 0 saturated carbocycles. The van der Waals surface area contributed by atoms with Crippen LogP contribution in [-0.2, 0) is 12.0 Å². The predicted molar refractivity (Wildman–Crippen MR) is 114 cm³/mol. The van der Waals surface area contributed by atoms with Gasteiger partial charge in [0, 0.05) is 18.5 Å². The molecule has 6 heteroatoms. The molecule has 138 valence electrons. The minimum Gasteiger partial charge on any atom is -0.444 e. The number of oxazole rings is 1. The van der Waals surface area contributed by atoms with E-state index in [0.717, 1.165) is 30.5 Å². The Hall–Kier alpha value is -1.57. The van der Waals surface area contributed by atoms with Gasteiger partial charge in [0.2, 0.25) is 5.89 Å². The smallest absolute Gasteiger partial charge is 0.216 e. The summed E-state index contributed by atoms with van der Waals surface area (Å²) in [5.74, 6) is 2.27. The third kappa shape index (κ3) is 6.34. The van der Waals surface area contributed by atoms with Gasteiger partial charge in [-0.15, -0.1) is 24.0 Å². The zero-order chi connectivity index (χ0) is 17.6. The van der Waals surface area contributed by atoms with Gasteiger partial charge < -0.3 is 15.1 Å². The Labute approximate surface area is 167 Å². The SMILES string of the molecule is CCNC(=NCc1nc(C)c(C)o1)NCC(C)(C)c1ccccc1.I. The number of aliphatic imine (C=N–C) groups is 1. The van der Waals surface area contributed by atoms with Crippen LogP contribution in [0.5, 0.6) is 0 Å². The van der Waals surface area contributed by atoms with Crippen molar-refractivity contribution in [3.63, 3.8) is 0 Å². The molecule has 0 bridgehead atoms. The second-order valence-corrected chi connectivity index (χ2v) is 6.55. The third-order valence-electron chi connectivity index (χ3n) is 4.04. The number of rotatable bonds is 6. The summed E-state index contributed by atoms with van der Waals surface area (Å²) in [7, 11) is 0. The number of benzene rings is 1. The summed E-state index contributed by atoms with van der Waals surface area (Å²) in [4.78, 5) is 8.94. The fourth-order valence-corrected chi connectivity index (χ4v) is 2.39. The van der Waals surface area contributed by atoms with Crippen LogP contribution in [-0.4, -0.2) is 24.0 Å². The normalized spacial score (nSPS) is 11.8. The van der Waals surface area contributed by atoms with Gasteiger partial charge in [-0.3, -0.25) is 0 Å². The van der Waals surface area contributed by atoms with E-state index in [0.29, 0.717) is 12.4 Å². The molecule has 2 aromatic rings. The molecule has 0 aliphatic carbocycles. The van der Waals surface area contributed by atoms with Crippen molar-refractivity contribution in [3.8, 4) is 0 Å². The third-order valence-corrected chi connectivity index (χ3v) is 4.04. The van der Waals surface area contributed by atoms with Crippen molar-refractivity contribution in [2.24, 2.45) is 4.99 Å². The molecule has 0 aliphatic heterocycles. The molecule has 0 amide bonds. The topological polar surface area (TPSA) is 62.5 Å². The van der Waals surface area contributed by atoms with Crippen molar-refractivity contribution in [1.82, 2.24) is 15.6 Å². The van der Waals surface area contributed by atoms with E-state index in [2.05, 4.69) is 65.6 Å². The Morgan fingerprint density at radius 3 is 2.40 bits per heavy atom. The molecule has 1 aromatic heterocycles. The molecule has 25 heavy (non-hydrogen) atoms. The lowest BCUT2D eigenvalue weighted by Crippen LogP contribution is -2.43. The minimum atomic E-state index is 0. The van der Waals surface area contributed by atoms with Crippen LogP contribution < -0.4 is 10.6 Å². The second kappa shape index (κ2) is 9.79. The molecule has 0 aliphatic rings. The minimum absolute atomic E-state index is 0. The van der Waals surface area contributed by atoms with Crippen LogP contribution in [0.3, 0.4) is 0 Å². The first kappa shape index (κ1) is 21.5. The van der Waals surface area contributed by atoms with Crippen LogP contribution in [0.25, 0.3) is 0 Å². The summed E-state index contributed by atoms with van der Waals surface area (Å²) in [5.41, 5.74) is 2.23. The number of guanidine groups is 1. The predicted octanol–water partition coefficient (Wildman–Crippen LogP) is 3.94. The molecule has 0 unspecified atom stereocenters. The maximum atomic E-state index is 5.58. The molecule has 2 rings (SSSR count). The lowest BCUT2D eigenvalue weighted by Gasteiger charge is -2.26. The van der Waals surface area contributed by atoms with Crippen molar-refractivity contribution >= 4 is 29.9 Å². The van der Waals surface area contributed by atoms with Crippen molar-refractivity contribution in [2.45, 2.75) is 46.6 Å². The highest BCUT2D eigenvalue weighted by Gasteiger charge is 2.20. The highest BCUT2D eigenvalue weighted by molar-refractivity contribution is 14.0. The average Bonchev–Trinajstić information content (AvgIpc) is 2.89. The summed E-state index contributed by atoms with van der Waals surface area (Å²) in [6.07, 6.45) is 0. The molecular weight excluding hydrogens is 427 g/mol. The molecule has 0 saturated heterocycles. The van der Waals surface area contributed by atoms with E-state index in [1.165, 1.54) is 5.56 Å². The van der Waals surface area contributed by atoms with Gasteiger partial charge in [0.15, 0.2) is 5.96 Å². The average molecular weight is 456 g/mol. The van der Waals surface area contributed by atoms with E-state index < -0.39 is 0 Å². The van der Waals surface area contributed by atoms with Crippen LogP contribution in [0.1, 0.15) is 43.7 Å². The first-order valence-corrected chi connectivity index (χ1v) is 8.43. The van der Waals surface area contributed by atoms with Crippen molar-refractivity contribution in [2.75, 3.05) is 13.1 Å². The summed E-state index contributed by atoms with van der Waals surface area (Å²) < 4.78 is 5.58. The number of aromatic nitrogens is 1. The molecule has 1 aromatic carbocycles. The molecule has 2 N–H and O–H groups in total. The van der Waals surface area contributed by atoms with Gasteiger partial charge in [-0.05, 0) is 26.3 Å². The maximum absolute atomic E-state index is 5.58. The lowest BCUT2D eigenvalue weighted by atomic mass is 9.85. The zero-order valence-corrected chi connectivity index (χ0v) is 18.0. The quantitative estimate of drug-likeness (QED) is 0.393. The molecule has 5 nitrogen and oxygen atoms in total. The molecular formula is C19H29IN4O. The Morgan fingerprint density at radius 2 is 1.84 bits per heavy atom. The Balaban J connectivity index is 0.00000312. The van der Waals surface area contributed by atoms with Crippen molar-refractivity contribution in [1.29, 1.82) is 0 Å². The fourth-order valence-electron chi connectivity index (χ4n) is 2.39. The highest BCUT2D eigenvalue weighted by Crippen LogP contribution is 2.21. The van der Waals surface area contributed by atoms with E-state index in [-0.39, 0.29) is 29.4 Å². The van der Waals surface area contributed by atoms with Gasteiger partial charge >= 0.3 is 0 Å². The van der Waals surface area contributed by atoms with Crippen LogP contribution in [0, 0.1) is 13.8 Å². The number of nitrogens with one attached hydrogen (secondary N) is 2. The first-order valence-electron chi connectivity index (χ1n) is 8.43. The maximum Gasteiger partial charge on any atom is 0.216 e. The summed E-state index contributed by atoms with van der Waals surface area (Å²) >= 11 is 0. The molecule has 0 fully saturated rings. The Kier molecular flexibility index (Phi) is 8.41. The number of nitrogens with zero attached hydrogens (tertiary/aromatic N) is 2. The van der Waals surface area contributed by atoms with Gasteiger partial charge in [0.1, 0.15) is 12.3 Å². The van der Waals surface area contributed by atoms with Crippen LogP contribution in [0.4, 0.5) is 0 Å². The van der Waals surface area contributed by atoms with Crippen LogP contribution in [0.15, 0.2) is 39.7 Å². The lowest BCUT2D eigenvalue weighted by molar-refractivity contribution is 0.471. The van der Waals surface area contributed by atoms with Gasteiger partial charge in [-0.25, -0.2) is 9.98 Å². The van der Waals surface area contributed by atoms with E-state index in [9.17, 15) is 0 Å².